The minimum Gasteiger partial charge on any atom is -0.381 e. The van der Waals surface area contributed by atoms with Gasteiger partial charge in [0.25, 0.3) is 11.8 Å². The van der Waals surface area contributed by atoms with Crippen molar-refractivity contribution >= 4 is 16.8 Å². The van der Waals surface area contributed by atoms with Gasteiger partial charge in [-0.25, -0.2) is 8.78 Å². The van der Waals surface area contributed by atoms with Crippen molar-refractivity contribution in [1.29, 1.82) is 0 Å². The number of rotatable bonds is 1. The Kier molecular flexibility index (Phi) is 6.02. The van der Waals surface area contributed by atoms with E-state index < -0.39 is 5.92 Å². The molecule has 2 aromatic rings. The largest absolute Gasteiger partial charge is 0.381 e. The first-order valence-electron chi connectivity index (χ1n) is 10.7. The number of amides is 1. The van der Waals surface area contributed by atoms with Gasteiger partial charge in [-0.2, -0.15) is 0 Å². The van der Waals surface area contributed by atoms with Gasteiger partial charge in [0.1, 0.15) is 0 Å². The number of aryl methyl sites for hydroxylation is 1. The number of alkyl halides is 2. The average Bonchev–Trinajstić information content (AvgIpc) is 3.08. The number of hydrogen-bond donors (Lipinski definition) is 0. The number of piperidine rings is 1. The monoisotopic (exact) mass is 417 g/mol. The third-order valence-electron chi connectivity index (χ3n) is 6.37. The second-order valence-electron chi connectivity index (χ2n) is 8.55. The molecule has 4 heterocycles. The Morgan fingerprint density at radius 3 is 2.57 bits per heavy atom. The molecule has 0 unspecified atom stereocenters. The van der Waals surface area contributed by atoms with Crippen LogP contribution in [0.3, 0.4) is 0 Å². The molecule has 1 aromatic heterocycles. The van der Waals surface area contributed by atoms with Crippen LogP contribution in [0.25, 0.3) is 10.9 Å². The Morgan fingerprint density at radius 2 is 1.90 bits per heavy atom. The van der Waals surface area contributed by atoms with Gasteiger partial charge in [-0.1, -0.05) is 6.07 Å². The number of nitrogens with zero attached hydrogens (tertiary/aromatic N) is 3. The standard InChI is InChI=1S/C17H18N2O2.C6H11F2N/c1-11-9-14-15(16-13(11)3-2-6-18-16)10-19(17(14)20)12-4-7-21-8-5-12;1-9-4-2-6(7,8)3-5-9/h2-3,6,9,12H,4-5,7-8,10H2,1H3;2-5H2,1H3. The van der Waals surface area contributed by atoms with Gasteiger partial charge in [-0.15, -0.1) is 0 Å². The van der Waals surface area contributed by atoms with Crippen LogP contribution < -0.4 is 0 Å². The van der Waals surface area contributed by atoms with E-state index in [1.54, 1.807) is 0 Å². The summed E-state index contributed by atoms with van der Waals surface area (Å²) >= 11 is 0. The van der Waals surface area contributed by atoms with Gasteiger partial charge in [0, 0.05) is 74.4 Å². The average molecular weight is 418 g/mol. The number of hydrogen-bond acceptors (Lipinski definition) is 4. The van der Waals surface area contributed by atoms with Crippen molar-refractivity contribution in [2.75, 3.05) is 33.4 Å². The fourth-order valence-corrected chi connectivity index (χ4v) is 4.46. The Hall–Kier alpha value is -2.12. The lowest BCUT2D eigenvalue weighted by Gasteiger charge is -2.30. The van der Waals surface area contributed by atoms with Crippen molar-refractivity contribution in [3.05, 3.63) is 41.1 Å². The van der Waals surface area contributed by atoms with E-state index in [1.165, 1.54) is 0 Å². The van der Waals surface area contributed by atoms with E-state index in [0.29, 0.717) is 25.7 Å². The van der Waals surface area contributed by atoms with Crippen LogP contribution in [0.5, 0.6) is 0 Å². The first-order chi connectivity index (χ1) is 14.4. The van der Waals surface area contributed by atoms with E-state index in [1.807, 2.05) is 35.2 Å². The number of benzene rings is 1. The predicted octanol–water partition coefficient (Wildman–Crippen LogP) is 4.03. The van der Waals surface area contributed by atoms with Gasteiger partial charge in [-0.05, 0) is 44.5 Å². The van der Waals surface area contributed by atoms with Gasteiger partial charge < -0.3 is 14.5 Å². The second kappa shape index (κ2) is 8.55. The summed E-state index contributed by atoms with van der Waals surface area (Å²) in [6, 6.07) is 6.37. The Bertz CT molecular complexity index is 918. The summed E-state index contributed by atoms with van der Waals surface area (Å²) in [5, 5.41) is 1.15. The zero-order chi connectivity index (χ0) is 21.3. The maximum Gasteiger partial charge on any atom is 0.254 e. The van der Waals surface area contributed by atoms with E-state index in [4.69, 9.17) is 4.74 Å². The minimum atomic E-state index is -2.38. The van der Waals surface area contributed by atoms with Crippen LogP contribution in [0, 0.1) is 6.92 Å². The molecular formula is C23H29F2N3O2. The molecule has 2 fully saturated rings. The molecular weight excluding hydrogens is 388 g/mol. The van der Waals surface area contributed by atoms with Crippen molar-refractivity contribution in [3.63, 3.8) is 0 Å². The van der Waals surface area contributed by atoms with Crippen LogP contribution >= 0.6 is 0 Å². The van der Waals surface area contributed by atoms with Gasteiger partial charge in [0.2, 0.25) is 0 Å². The molecule has 3 aliphatic rings. The molecule has 0 spiro atoms. The molecule has 0 saturated carbocycles. The molecule has 5 rings (SSSR count). The van der Waals surface area contributed by atoms with Gasteiger partial charge in [0.15, 0.2) is 0 Å². The van der Waals surface area contributed by atoms with Gasteiger partial charge in [0.05, 0.1) is 5.52 Å². The first kappa shape index (κ1) is 21.1. The normalized spacial score (nSPS) is 22.0. The zero-order valence-corrected chi connectivity index (χ0v) is 17.7. The summed E-state index contributed by atoms with van der Waals surface area (Å²) in [5.74, 6) is -2.22. The highest BCUT2D eigenvalue weighted by atomic mass is 19.3. The summed E-state index contributed by atoms with van der Waals surface area (Å²) in [4.78, 5) is 21.2. The molecule has 0 atom stereocenters. The first-order valence-corrected chi connectivity index (χ1v) is 10.7. The Labute approximate surface area is 176 Å². The highest BCUT2D eigenvalue weighted by Crippen LogP contribution is 2.34. The number of halogens is 2. The van der Waals surface area contributed by atoms with Gasteiger partial charge in [-0.3, -0.25) is 9.78 Å². The molecule has 3 aliphatic heterocycles. The number of likely N-dealkylation sites (tertiary alicyclic amines) is 1. The third kappa shape index (κ3) is 4.32. The summed E-state index contributed by atoms with van der Waals surface area (Å²) in [6.45, 7) is 5.31. The van der Waals surface area contributed by atoms with Crippen LogP contribution in [0.15, 0.2) is 24.4 Å². The number of carbonyl (C=O) groups is 1. The predicted molar refractivity (Wildman–Crippen MR) is 112 cm³/mol. The maximum absolute atomic E-state index is 12.7. The quantitative estimate of drug-likeness (QED) is 0.703. The number of pyridine rings is 1. The lowest BCUT2D eigenvalue weighted by molar-refractivity contribution is -0.0504. The van der Waals surface area contributed by atoms with E-state index >= 15 is 0 Å². The number of ether oxygens (including phenoxy) is 1. The SMILES string of the molecule is CN1CCC(F)(F)CC1.Cc1cc2c(c3ncccc13)CN(C1CCOCC1)C2=O. The molecule has 7 heteroatoms. The molecule has 1 aromatic carbocycles. The molecule has 30 heavy (non-hydrogen) atoms. The Morgan fingerprint density at radius 1 is 1.20 bits per heavy atom. The molecule has 0 bridgehead atoms. The topological polar surface area (TPSA) is 45.7 Å². The molecule has 162 valence electrons. The lowest BCUT2D eigenvalue weighted by atomic mass is 10.0. The maximum atomic E-state index is 12.7. The van der Waals surface area contributed by atoms with Crippen LogP contribution in [-0.4, -0.2) is 66.0 Å². The molecule has 5 nitrogen and oxygen atoms in total. The molecule has 0 radical (unpaired) electrons. The summed E-state index contributed by atoms with van der Waals surface area (Å²) < 4.78 is 30.1. The number of fused-ring (bicyclic) bond motifs is 3. The molecule has 0 N–H and O–H groups in total. The van der Waals surface area contributed by atoms with Crippen LogP contribution in [0.2, 0.25) is 0 Å². The summed E-state index contributed by atoms with van der Waals surface area (Å²) in [7, 11) is 1.87. The van der Waals surface area contributed by atoms with E-state index in [9.17, 15) is 13.6 Å². The van der Waals surface area contributed by atoms with E-state index in [0.717, 1.165) is 53.6 Å². The van der Waals surface area contributed by atoms with Crippen molar-refractivity contribution in [1.82, 2.24) is 14.8 Å². The van der Waals surface area contributed by atoms with Crippen LogP contribution in [-0.2, 0) is 11.3 Å². The van der Waals surface area contributed by atoms with Crippen LogP contribution in [0.1, 0.15) is 47.2 Å². The highest BCUT2D eigenvalue weighted by Gasteiger charge is 2.35. The van der Waals surface area contributed by atoms with Gasteiger partial charge >= 0.3 is 0 Å². The van der Waals surface area contributed by atoms with E-state index in [-0.39, 0.29) is 18.7 Å². The zero-order valence-electron chi connectivity index (χ0n) is 17.7. The molecule has 2 saturated heterocycles. The fraction of sp³-hybridized carbons (Fsp3) is 0.565. The third-order valence-corrected chi connectivity index (χ3v) is 6.37. The van der Waals surface area contributed by atoms with Crippen molar-refractivity contribution < 1.29 is 18.3 Å². The van der Waals surface area contributed by atoms with Crippen LogP contribution in [0.4, 0.5) is 8.78 Å². The van der Waals surface area contributed by atoms with Crippen molar-refractivity contribution in [2.24, 2.45) is 0 Å². The molecule has 1 amide bonds. The number of aromatic nitrogens is 1. The summed E-state index contributed by atoms with van der Waals surface area (Å²) in [6.07, 6.45) is 3.74. The second-order valence-corrected chi connectivity index (χ2v) is 8.55. The lowest BCUT2D eigenvalue weighted by Crippen LogP contribution is -2.39. The molecule has 0 aliphatic carbocycles. The number of carbonyl (C=O) groups excluding carboxylic acids is 1. The minimum absolute atomic E-state index is 0.0312. The Balaban J connectivity index is 0.000000204. The summed E-state index contributed by atoms with van der Waals surface area (Å²) in [5.41, 5.74) is 4.03. The fourth-order valence-electron chi connectivity index (χ4n) is 4.46. The smallest absolute Gasteiger partial charge is 0.254 e. The van der Waals surface area contributed by atoms with Crippen molar-refractivity contribution in [2.45, 2.75) is 51.1 Å². The van der Waals surface area contributed by atoms with Crippen molar-refractivity contribution in [3.8, 4) is 0 Å². The van der Waals surface area contributed by atoms with E-state index in [2.05, 4.69) is 18.0 Å². The highest BCUT2D eigenvalue weighted by molar-refractivity contribution is 6.04.